The van der Waals surface area contributed by atoms with Gasteiger partial charge in [0.1, 0.15) is 6.04 Å². The third-order valence-corrected chi connectivity index (χ3v) is 3.11. The van der Waals surface area contributed by atoms with Gasteiger partial charge in [0.25, 0.3) is 0 Å². The van der Waals surface area contributed by atoms with E-state index >= 15 is 0 Å². The molecule has 0 aliphatic carbocycles. The van der Waals surface area contributed by atoms with E-state index in [1.165, 1.54) is 0 Å². The molecule has 0 spiro atoms. The third-order valence-electron chi connectivity index (χ3n) is 3.11. The van der Waals surface area contributed by atoms with E-state index < -0.39 is 6.04 Å². The van der Waals surface area contributed by atoms with E-state index in [9.17, 15) is 9.59 Å². The Morgan fingerprint density at radius 3 is 2.63 bits per heavy atom. The number of hydrogen-bond acceptors (Lipinski definition) is 2. The lowest BCUT2D eigenvalue weighted by atomic mass is 10.0. The maximum atomic E-state index is 12.1. The summed E-state index contributed by atoms with van der Waals surface area (Å²) in [4.78, 5) is 25.7. The molecule has 19 heavy (non-hydrogen) atoms. The minimum atomic E-state index is -0.530. The van der Waals surface area contributed by atoms with Crippen molar-refractivity contribution in [3.63, 3.8) is 0 Å². The monoisotopic (exact) mass is 258 g/mol. The predicted molar refractivity (Wildman–Crippen MR) is 73.3 cm³/mol. The number of carbonyl (C=O) groups is 2. The molecule has 1 aromatic carbocycles. The molecule has 1 aliphatic heterocycles. The fourth-order valence-corrected chi connectivity index (χ4v) is 2.10. The Kier molecular flexibility index (Phi) is 4.00. The van der Waals surface area contributed by atoms with Crippen molar-refractivity contribution >= 4 is 11.8 Å². The Bertz CT molecular complexity index is 504. The van der Waals surface area contributed by atoms with Gasteiger partial charge >= 0.3 is 0 Å². The zero-order valence-corrected chi connectivity index (χ0v) is 11.2. The summed E-state index contributed by atoms with van der Waals surface area (Å²) in [7, 11) is 0. The van der Waals surface area contributed by atoms with E-state index in [0.717, 1.165) is 11.1 Å². The molecule has 4 heteroatoms. The van der Waals surface area contributed by atoms with Crippen molar-refractivity contribution < 1.29 is 9.59 Å². The highest BCUT2D eigenvalue weighted by molar-refractivity contribution is 5.95. The van der Waals surface area contributed by atoms with E-state index in [4.69, 9.17) is 0 Å². The maximum absolute atomic E-state index is 12.1. The average molecular weight is 258 g/mol. The number of piperazine rings is 1. The topological polar surface area (TPSA) is 49.4 Å². The summed E-state index contributed by atoms with van der Waals surface area (Å²) in [6.07, 6.45) is 1.96. The van der Waals surface area contributed by atoms with Crippen LogP contribution in [0.15, 0.2) is 42.0 Å². The Labute approximate surface area is 113 Å². The molecule has 100 valence electrons. The van der Waals surface area contributed by atoms with Crippen molar-refractivity contribution in [3.05, 3.63) is 47.5 Å². The quantitative estimate of drug-likeness (QED) is 0.838. The second-order valence-electron chi connectivity index (χ2n) is 4.86. The van der Waals surface area contributed by atoms with Crippen LogP contribution in [0.25, 0.3) is 0 Å². The molecule has 1 unspecified atom stereocenters. The Hall–Kier alpha value is -2.10. The first-order chi connectivity index (χ1) is 9.09. The SMILES string of the molecule is CC(C)=CCN1C(=O)CNC(=O)C1c1ccccc1. The summed E-state index contributed by atoms with van der Waals surface area (Å²) in [5.74, 6) is -0.168. The van der Waals surface area contributed by atoms with Crippen LogP contribution in [0.2, 0.25) is 0 Å². The number of nitrogens with zero attached hydrogens (tertiary/aromatic N) is 1. The highest BCUT2D eigenvalue weighted by Crippen LogP contribution is 2.23. The molecule has 0 saturated carbocycles. The summed E-state index contributed by atoms with van der Waals surface area (Å²) >= 11 is 0. The molecule has 1 aliphatic rings. The molecular weight excluding hydrogens is 240 g/mol. The standard InChI is InChI=1S/C15H18N2O2/c1-11(2)8-9-17-13(18)10-16-15(19)14(17)12-6-4-3-5-7-12/h3-8,14H,9-10H2,1-2H3,(H,16,19). The fourth-order valence-electron chi connectivity index (χ4n) is 2.10. The summed E-state index contributed by atoms with van der Waals surface area (Å²) in [5.41, 5.74) is 1.97. The van der Waals surface area contributed by atoms with Gasteiger partial charge in [-0.2, -0.15) is 0 Å². The van der Waals surface area contributed by atoms with E-state index in [1.54, 1.807) is 4.90 Å². The van der Waals surface area contributed by atoms with Gasteiger partial charge in [-0.1, -0.05) is 42.0 Å². The van der Waals surface area contributed by atoms with Crippen LogP contribution in [0.3, 0.4) is 0 Å². The van der Waals surface area contributed by atoms with Gasteiger partial charge < -0.3 is 10.2 Å². The molecule has 1 N–H and O–H groups in total. The molecular formula is C15H18N2O2. The minimum absolute atomic E-state index is 0.0500. The fraction of sp³-hybridized carbons (Fsp3) is 0.333. The number of rotatable bonds is 3. The lowest BCUT2D eigenvalue weighted by Gasteiger charge is -2.34. The van der Waals surface area contributed by atoms with Crippen molar-refractivity contribution in [1.29, 1.82) is 0 Å². The molecule has 0 bridgehead atoms. The van der Waals surface area contributed by atoms with Crippen LogP contribution >= 0.6 is 0 Å². The van der Waals surface area contributed by atoms with Crippen LogP contribution in [-0.2, 0) is 9.59 Å². The van der Waals surface area contributed by atoms with E-state index in [2.05, 4.69) is 5.32 Å². The lowest BCUT2D eigenvalue weighted by Crippen LogP contribution is -2.53. The first kappa shape index (κ1) is 13.3. The number of nitrogens with one attached hydrogen (secondary N) is 1. The normalized spacial score (nSPS) is 19.1. The number of benzene rings is 1. The zero-order valence-electron chi connectivity index (χ0n) is 11.2. The predicted octanol–water partition coefficient (Wildman–Crippen LogP) is 1.65. The van der Waals surface area contributed by atoms with Gasteiger partial charge in [0, 0.05) is 6.54 Å². The van der Waals surface area contributed by atoms with Gasteiger partial charge in [-0.15, -0.1) is 0 Å². The van der Waals surface area contributed by atoms with Gasteiger partial charge in [-0.25, -0.2) is 0 Å². The van der Waals surface area contributed by atoms with Crippen LogP contribution in [0.4, 0.5) is 0 Å². The highest BCUT2D eigenvalue weighted by atomic mass is 16.2. The van der Waals surface area contributed by atoms with Crippen LogP contribution in [-0.4, -0.2) is 29.8 Å². The van der Waals surface area contributed by atoms with E-state index in [1.807, 2.05) is 50.3 Å². The Morgan fingerprint density at radius 2 is 2.00 bits per heavy atom. The number of amides is 2. The third kappa shape index (κ3) is 3.02. The van der Waals surface area contributed by atoms with E-state index in [0.29, 0.717) is 6.54 Å². The molecule has 1 heterocycles. The van der Waals surface area contributed by atoms with Crippen LogP contribution in [0, 0.1) is 0 Å². The number of hydrogen-bond donors (Lipinski definition) is 1. The summed E-state index contributed by atoms with van der Waals surface area (Å²) in [6.45, 7) is 4.50. The summed E-state index contributed by atoms with van der Waals surface area (Å²) in [5, 5.41) is 2.65. The zero-order chi connectivity index (χ0) is 13.8. The second kappa shape index (κ2) is 5.69. The molecule has 2 rings (SSSR count). The summed E-state index contributed by atoms with van der Waals surface area (Å²) in [6, 6.07) is 8.86. The largest absolute Gasteiger partial charge is 0.345 e. The average Bonchev–Trinajstić information content (AvgIpc) is 2.40. The number of carbonyl (C=O) groups excluding carboxylic acids is 2. The maximum Gasteiger partial charge on any atom is 0.247 e. The Balaban J connectivity index is 2.31. The van der Waals surface area contributed by atoms with Crippen LogP contribution < -0.4 is 5.32 Å². The molecule has 0 aromatic heterocycles. The molecule has 1 atom stereocenters. The molecule has 1 fully saturated rings. The van der Waals surface area contributed by atoms with Crippen molar-refractivity contribution in [2.45, 2.75) is 19.9 Å². The first-order valence-electron chi connectivity index (χ1n) is 6.35. The van der Waals surface area contributed by atoms with Gasteiger partial charge in [0.2, 0.25) is 11.8 Å². The molecule has 1 saturated heterocycles. The van der Waals surface area contributed by atoms with Crippen molar-refractivity contribution in [2.24, 2.45) is 0 Å². The molecule has 4 nitrogen and oxygen atoms in total. The lowest BCUT2D eigenvalue weighted by molar-refractivity contribution is -0.145. The smallest absolute Gasteiger partial charge is 0.247 e. The van der Waals surface area contributed by atoms with Gasteiger partial charge in [-0.05, 0) is 19.4 Å². The van der Waals surface area contributed by atoms with Crippen molar-refractivity contribution in [3.8, 4) is 0 Å². The minimum Gasteiger partial charge on any atom is -0.345 e. The van der Waals surface area contributed by atoms with Crippen molar-refractivity contribution in [1.82, 2.24) is 10.2 Å². The van der Waals surface area contributed by atoms with Crippen molar-refractivity contribution in [2.75, 3.05) is 13.1 Å². The highest BCUT2D eigenvalue weighted by Gasteiger charge is 2.34. The van der Waals surface area contributed by atoms with Gasteiger partial charge in [-0.3, -0.25) is 9.59 Å². The molecule has 1 aromatic rings. The van der Waals surface area contributed by atoms with Crippen LogP contribution in [0.5, 0.6) is 0 Å². The van der Waals surface area contributed by atoms with Crippen LogP contribution in [0.1, 0.15) is 25.5 Å². The summed E-state index contributed by atoms with van der Waals surface area (Å²) < 4.78 is 0. The number of allylic oxidation sites excluding steroid dienone is 1. The Morgan fingerprint density at radius 1 is 1.32 bits per heavy atom. The van der Waals surface area contributed by atoms with E-state index in [-0.39, 0.29) is 18.4 Å². The molecule has 2 amide bonds. The second-order valence-corrected chi connectivity index (χ2v) is 4.86. The van der Waals surface area contributed by atoms with Gasteiger partial charge in [0.05, 0.1) is 6.54 Å². The molecule has 0 radical (unpaired) electrons. The first-order valence-corrected chi connectivity index (χ1v) is 6.35. The van der Waals surface area contributed by atoms with Gasteiger partial charge in [0.15, 0.2) is 0 Å².